The van der Waals surface area contributed by atoms with Gasteiger partial charge in [-0.1, -0.05) is 30.1 Å². The van der Waals surface area contributed by atoms with Gasteiger partial charge in [-0.3, -0.25) is 0 Å². The van der Waals surface area contributed by atoms with Crippen LogP contribution in [0.4, 0.5) is 0 Å². The first-order chi connectivity index (χ1) is 5.47. The standard InChI is InChI=1S/C8H11Cl2NO/c1-2-6-7(9)3-5(11)4-8(6,10)12/h3,12H,2,4,11H2,1H3. The average Bonchev–Trinajstić information content (AvgIpc) is 1.82. The van der Waals surface area contributed by atoms with Crippen molar-refractivity contribution in [3.63, 3.8) is 0 Å². The molecule has 1 aliphatic carbocycles. The molecule has 0 fully saturated rings. The SMILES string of the molecule is CCC1=C(Cl)C=C(N)CC1(O)Cl. The molecule has 12 heavy (non-hydrogen) atoms. The summed E-state index contributed by atoms with van der Waals surface area (Å²) in [6, 6.07) is 0. The number of allylic oxidation sites excluding steroid dienone is 2. The maximum Gasteiger partial charge on any atom is 0.167 e. The molecule has 1 aliphatic rings. The number of aliphatic hydroxyl groups is 1. The van der Waals surface area contributed by atoms with Crippen LogP contribution >= 0.6 is 23.2 Å². The highest BCUT2D eigenvalue weighted by atomic mass is 35.5. The largest absolute Gasteiger partial charge is 0.402 e. The number of hydrogen-bond acceptors (Lipinski definition) is 2. The van der Waals surface area contributed by atoms with Gasteiger partial charge < -0.3 is 10.8 Å². The van der Waals surface area contributed by atoms with Crippen molar-refractivity contribution in [3.8, 4) is 0 Å². The van der Waals surface area contributed by atoms with Crippen LogP contribution in [0.1, 0.15) is 19.8 Å². The van der Waals surface area contributed by atoms with Crippen molar-refractivity contribution in [3.05, 3.63) is 22.4 Å². The minimum absolute atomic E-state index is 0.244. The van der Waals surface area contributed by atoms with Gasteiger partial charge in [-0.2, -0.15) is 0 Å². The van der Waals surface area contributed by atoms with E-state index in [1.807, 2.05) is 6.92 Å². The van der Waals surface area contributed by atoms with Crippen LogP contribution in [0.5, 0.6) is 0 Å². The Morgan fingerprint density at radius 3 is 2.75 bits per heavy atom. The van der Waals surface area contributed by atoms with Gasteiger partial charge in [0.05, 0.1) is 0 Å². The lowest BCUT2D eigenvalue weighted by Crippen LogP contribution is -2.29. The Labute approximate surface area is 81.6 Å². The summed E-state index contributed by atoms with van der Waals surface area (Å²) in [5, 5.41) is 8.75. The van der Waals surface area contributed by atoms with Gasteiger partial charge in [-0.15, -0.1) is 0 Å². The minimum atomic E-state index is -1.38. The predicted molar refractivity (Wildman–Crippen MR) is 50.9 cm³/mol. The molecule has 4 heteroatoms. The van der Waals surface area contributed by atoms with Crippen LogP contribution < -0.4 is 5.73 Å². The van der Waals surface area contributed by atoms with Crippen LogP contribution in [0, 0.1) is 0 Å². The van der Waals surface area contributed by atoms with E-state index < -0.39 is 5.06 Å². The first-order valence-corrected chi connectivity index (χ1v) is 4.49. The fraction of sp³-hybridized carbons (Fsp3) is 0.500. The molecule has 1 atom stereocenters. The normalized spacial score (nSPS) is 30.5. The van der Waals surface area contributed by atoms with Gasteiger partial charge in [-0.25, -0.2) is 0 Å². The summed E-state index contributed by atoms with van der Waals surface area (Å²) in [5.74, 6) is 0. The summed E-state index contributed by atoms with van der Waals surface area (Å²) in [5.41, 5.74) is 6.66. The molecular formula is C8H11Cl2NO. The van der Waals surface area contributed by atoms with Gasteiger partial charge in [0, 0.05) is 17.2 Å². The lowest BCUT2D eigenvalue weighted by Gasteiger charge is -2.27. The fourth-order valence-corrected chi connectivity index (χ4v) is 2.17. The quantitative estimate of drug-likeness (QED) is 0.648. The molecule has 1 rings (SSSR count). The van der Waals surface area contributed by atoms with Crippen LogP contribution in [0.15, 0.2) is 22.4 Å². The number of nitrogens with two attached hydrogens (primary N) is 1. The Morgan fingerprint density at radius 1 is 1.75 bits per heavy atom. The Balaban J connectivity index is 3.09. The van der Waals surface area contributed by atoms with E-state index in [4.69, 9.17) is 28.9 Å². The maximum atomic E-state index is 9.68. The van der Waals surface area contributed by atoms with Gasteiger partial charge in [0.1, 0.15) is 0 Å². The van der Waals surface area contributed by atoms with Gasteiger partial charge in [0.25, 0.3) is 0 Å². The van der Waals surface area contributed by atoms with Crippen LogP contribution in [0.3, 0.4) is 0 Å². The molecule has 0 saturated carbocycles. The van der Waals surface area contributed by atoms with E-state index in [2.05, 4.69) is 0 Å². The number of halogens is 2. The lowest BCUT2D eigenvalue weighted by atomic mass is 9.97. The van der Waals surface area contributed by atoms with Crippen molar-refractivity contribution in [2.45, 2.75) is 24.8 Å². The summed E-state index contributed by atoms with van der Waals surface area (Å²) < 4.78 is 0. The highest BCUT2D eigenvalue weighted by Crippen LogP contribution is 2.37. The van der Waals surface area contributed by atoms with Crippen LogP contribution in [0.2, 0.25) is 0 Å². The first kappa shape index (κ1) is 9.90. The average molecular weight is 208 g/mol. The molecule has 0 radical (unpaired) electrons. The topological polar surface area (TPSA) is 46.2 Å². The smallest absolute Gasteiger partial charge is 0.167 e. The molecule has 0 heterocycles. The predicted octanol–water partition coefficient (Wildman–Crippen LogP) is 2.06. The summed E-state index contributed by atoms with van der Waals surface area (Å²) in [4.78, 5) is 0. The molecule has 1 unspecified atom stereocenters. The Hall–Kier alpha value is -0.180. The molecule has 0 aliphatic heterocycles. The minimum Gasteiger partial charge on any atom is -0.402 e. The second-order valence-electron chi connectivity index (χ2n) is 2.84. The van der Waals surface area contributed by atoms with Crippen molar-refractivity contribution in [1.29, 1.82) is 0 Å². The summed E-state index contributed by atoms with van der Waals surface area (Å²) in [6.07, 6.45) is 2.51. The number of alkyl halides is 1. The van der Waals surface area contributed by atoms with Crippen LogP contribution in [0.25, 0.3) is 0 Å². The molecular weight excluding hydrogens is 197 g/mol. The fourth-order valence-electron chi connectivity index (χ4n) is 1.30. The molecule has 0 aromatic carbocycles. The summed E-state index contributed by atoms with van der Waals surface area (Å²) in [6.45, 7) is 1.89. The van der Waals surface area contributed by atoms with Crippen molar-refractivity contribution in [1.82, 2.24) is 0 Å². The van der Waals surface area contributed by atoms with Crippen molar-refractivity contribution in [2.24, 2.45) is 5.73 Å². The molecule has 0 aromatic heterocycles. The zero-order valence-corrected chi connectivity index (χ0v) is 8.28. The highest BCUT2D eigenvalue weighted by molar-refractivity contribution is 6.33. The molecule has 0 aromatic rings. The molecule has 68 valence electrons. The van der Waals surface area contributed by atoms with Gasteiger partial charge in [0.15, 0.2) is 5.06 Å². The zero-order valence-electron chi connectivity index (χ0n) is 6.77. The third kappa shape index (κ3) is 1.76. The lowest BCUT2D eigenvalue weighted by molar-refractivity contribution is 0.161. The van der Waals surface area contributed by atoms with Crippen LogP contribution in [-0.4, -0.2) is 10.2 Å². The molecule has 0 saturated heterocycles. The maximum absolute atomic E-state index is 9.68. The number of hydrogen-bond donors (Lipinski definition) is 2. The summed E-state index contributed by atoms with van der Waals surface area (Å²) in [7, 11) is 0. The summed E-state index contributed by atoms with van der Waals surface area (Å²) >= 11 is 11.7. The monoisotopic (exact) mass is 207 g/mol. The van der Waals surface area contributed by atoms with Crippen molar-refractivity contribution >= 4 is 23.2 Å². The Bertz CT molecular complexity index is 256. The molecule has 0 bridgehead atoms. The first-order valence-electron chi connectivity index (χ1n) is 3.74. The molecule has 2 nitrogen and oxygen atoms in total. The van der Waals surface area contributed by atoms with E-state index in [-0.39, 0.29) is 6.42 Å². The van der Waals surface area contributed by atoms with Gasteiger partial charge in [-0.05, 0) is 18.1 Å². The molecule has 0 spiro atoms. The Kier molecular flexibility index (Phi) is 2.71. The Morgan fingerprint density at radius 2 is 2.33 bits per heavy atom. The van der Waals surface area contributed by atoms with Gasteiger partial charge in [0.2, 0.25) is 0 Å². The van der Waals surface area contributed by atoms with E-state index in [0.717, 1.165) is 0 Å². The van der Waals surface area contributed by atoms with E-state index in [1.54, 1.807) is 6.08 Å². The number of rotatable bonds is 1. The van der Waals surface area contributed by atoms with E-state index in [9.17, 15) is 5.11 Å². The molecule has 3 N–H and O–H groups in total. The molecule has 0 amide bonds. The van der Waals surface area contributed by atoms with Crippen molar-refractivity contribution in [2.75, 3.05) is 0 Å². The zero-order chi connectivity index (χ0) is 9.35. The van der Waals surface area contributed by atoms with E-state index in [1.165, 1.54) is 0 Å². The third-order valence-electron chi connectivity index (χ3n) is 1.85. The van der Waals surface area contributed by atoms with Crippen molar-refractivity contribution < 1.29 is 5.11 Å². The second kappa shape index (κ2) is 3.29. The van der Waals surface area contributed by atoms with E-state index in [0.29, 0.717) is 22.7 Å². The third-order valence-corrected chi connectivity index (χ3v) is 2.55. The second-order valence-corrected chi connectivity index (χ2v) is 3.87. The highest BCUT2D eigenvalue weighted by Gasteiger charge is 2.33. The van der Waals surface area contributed by atoms with Gasteiger partial charge >= 0.3 is 0 Å². The van der Waals surface area contributed by atoms with Crippen LogP contribution in [-0.2, 0) is 0 Å². The van der Waals surface area contributed by atoms with E-state index >= 15 is 0 Å².